The van der Waals surface area contributed by atoms with Crippen molar-refractivity contribution in [2.75, 3.05) is 31.2 Å². The number of pyridine rings is 1. The zero-order chi connectivity index (χ0) is 15.0. The molecule has 0 spiro atoms. The molecule has 0 N–H and O–H groups in total. The van der Waals surface area contributed by atoms with Gasteiger partial charge in [0.1, 0.15) is 5.82 Å². The van der Waals surface area contributed by atoms with Crippen LogP contribution >= 0.6 is 11.6 Å². The molecular weight excluding hydrogens is 288 g/mol. The van der Waals surface area contributed by atoms with Gasteiger partial charge in [0.2, 0.25) is 0 Å². The van der Waals surface area contributed by atoms with Crippen LogP contribution in [0.1, 0.15) is 22.8 Å². The molecule has 110 valence electrons. The van der Waals surface area contributed by atoms with Gasteiger partial charge in [0.15, 0.2) is 5.78 Å². The van der Waals surface area contributed by atoms with E-state index in [2.05, 4.69) is 4.90 Å². The standard InChI is InChI=1S/C16H17ClN2O2/c1-10-3-4-12(11(2)20)16-15(10)13(17)9-14(18-16)19-5-7-21-8-6-19/h3-4,9H,5-8H2,1-2H3. The molecule has 1 aliphatic heterocycles. The monoisotopic (exact) mass is 304 g/mol. The Morgan fingerprint density at radius 1 is 1.33 bits per heavy atom. The van der Waals surface area contributed by atoms with Crippen LogP contribution in [0.25, 0.3) is 10.9 Å². The summed E-state index contributed by atoms with van der Waals surface area (Å²) < 4.78 is 5.36. The molecule has 0 radical (unpaired) electrons. The molecule has 1 saturated heterocycles. The fourth-order valence-corrected chi connectivity index (χ4v) is 3.02. The Morgan fingerprint density at radius 3 is 2.71 bits per heavy atom. The van der Waals surface area contributed by atoms with Crippen LogP contribution in [0.4, 0.5) is 5.82 Å². The number of carbonyl (C=O) groups is 1. The van der Waals surface area contributed by atoms with E-state index in [1.807, 2.05) is 25.1 Å². The normalized spacial score (nSPS) is 15.5. The summed E-state index contributed by atoms with van der Waals surface area (Å²) in [5.41, 5.74) is 2.34. The third kappa shape index (κ3) is 2.61. The van der Waals surface area contributed by atoms with E-state index in [1.165, 1.54) is 0 Å². The molecule has 0 atom stereocenters. The minimum atomic E-state index is 0.00249. The first-order chi connectivity index (χ1) is 10.1. The van der Waals surface area contributed by atoms with Crippen molar-refractivity contribution < 1.29 is 9.53 Å². The van der Waals surface area contributed by atoms with Gasteiger partial charge in [0.05, 0.1) is 23.8 Å². The second kappa shape index (κ2) is 5.62. The van der Waals surface area contributed by atoms with Crippen LogP contribution in [-0.4, -0.2) is 37.1 Å². The number of morpholine rings is 1. The first-order valence-corrected chi connectivity index (χ1v) is 7.39. The Kier molecular flexibility index (Phi) is 3.83. The van der Waals surface area contributed by atoms with Crippen molar-refractivity contribution in [3.8, 4) is 0 Å². The Labute approximate surface area is 128 Å². The average Bonchev–Trinajstić information content (AvgIpc) is 2.47. The largest absolute Gasteiger partial charge is 0.378 e. The minimum Gasteiger partial charge on any atom is -0.378 e. The third-order valence-corrected chi connectivity index (χ3v) is 4.12. The predicted octanol–water partition coefficient (Wildman–Crippen LogP) is 3.24. The fraction of sp³-hybridized carbons (Fsp3) is 0.375. The Balaban J connectivity index is 2.21. The van der Waals surface area contributed by atoms with E-state index in [0.29, 0.717) is 29.3 Å². The van der Waals surface area contributed by atoms with Gasteiger partial charge in [-0.1, -0.05) is 17.7 Å². The van der Waals surface area contributed by atoms with Crippen LogP contribution < -0.4 is 4.90 Å². The van der Waals surface area contributed by atoms with Crippen LogP contribution in [-0.2, 0) is 4.74 Å². The first-order valence-electron chi connectivity index (χ1n) is 7.01. The van der Waals surface area contributed by atoms with Gasteiger partial charge in [0, 0.05) is 24.0 Å². The molecule has 1 aromatic heterocycles. The van der Waals surface area contributed by atoms with Gasteiger partial charge in [-0.25, -0.2) is 4.98 Å². The molecule has 0 unspecified atom stereocenters. The topological polar surface area (TPSA) is 42.4 Å². The number of halogens is 1. The summed E-state index contributed by atoms with van der Waals surface area (Å²) >= 11 is 6.45. The van der Waals surface area contributed by atoms with Crippen LogP contribution in [0.2, 0.25) is 5.02 Å². The molecule has 3 rings (SSSR count). The molecule has 1 fully saturated rings. The van der Waals surface area contributed by atoms with Crippen LogP contribution in [0.15, 0.2) is 18.2 Å². The number of nitrogens with zero attached hydrogens (tertiary/aromatic N) is 2. The van der Waals surface area contributed by atoms with Crippen molar-refractivity contribution in [3.63, 3.8) is 0 Å². The van der Waals surface area contributed by atoms with E-state index in [-0.39, 0.29) is 5.78 Å². The van der Waals surface area contributed by atoms with Gasteiger partial charge in [-0.05, 0) is 31.5 Å². The number of benzene rings is 1. The minimum absolute atomic E-state index is 0.00249. The number of aromatic nitrogens is 1. The number of ketones is 1. The fourth-order valence-electron chi connectivity index (χ4n) is 2.68. The summed E-state index contributed by atoms with van der Waals surface area (Å²) in [5, 5.41) is 1.50. The maximum Gasteiger partial charge on any atom is 0.161 e. The third-order valence-electron chi connectivity index (χ3n) is 3.82. The average molecular weight is 305 g/mol. The molecule has 0 amide bonds. The number of aryl methyl sites for hydroxylation is 1. The zero-order valence-corrected chi connectivity index (χ0v) is 12.9. The Morgan fingerprint density at radius 2 is 2.05 bits per heavy atom. The molecule has 4 nitrogen and oxygen atoms in total. The summed E-state index contributed by atoms with van der Waals surface area (Å²) in [7, 11) is 0. The van der Waals surface area contributed by atoms with E-state index >= 15 is 0 Å². The highest BCUT2D eigenvalue weighted by atomic mass is 35.5. The summed E-state index contributed by atoms with van der Waals surface area (Å²) in [6.45, 7) is 6.48. The van der Waals surface area contributed by atoms with E-state index in [4.69, 9.17) is 21.3 Å². The van der Waals surface area contributed by atoms with Crippen molar-refractivity contribution in [2.24, 2.45) is 0 Å². The number of carbonyl (C=O) groups excluding carboxylic acids is 1. The van der Waals surface area contributed by atoms with E-state index in [9.17, 15) is 4.79 Å². The summed E-state index contributed by atoms with van der Waals surface area (Å²) in [6, 6.07) is 5.62. The molecule has 1 aromatic carbocycles. The van der Waals surface area contributed by atoms with Crippen molar-refractivity contribution in [1.82, 2.24) is 4.98 Å². The molecule has 0 bridgehead atoms. The number of fused-ring (bicyclic) bond motifs is 1. The van der Waals surface area contributed by atoms with E-state index < -0.39 is 0 Å². The van der Waals surface area contributed by atoms with Gasteiger partial charge in [-0.2, -0.15) is 0 Å². The number of ether oxygens (including phenoxy) is 1. The van der Waals surface area contributed by atoms with Gasteiger partial charge in [-0.15, -0.1) is 0 Å². The molecule has 5 heteroatoms. The van der Waals surface area contributed by atoms with E-state index in [0.717, 1.165) is 29.9 Å². The van der Waals surface area contributed by atoms with Crippen LogP contribution in [0, 0.1) is 6.92 Å². The van der Waals surface area contributed by atoms with E-state index in [1.54, 1.807) is 6.92 Å². The van der Waals surface area contributed by atoms with Gasteiger partial charge in [-0.3, -0.25) is 4.79 Å². The lowest BCUT2D eigenvalue weighted by Crippen LogP contribution is -2.36. The summed E-state index contributed by atoms with van der Waals surface area (Å²) in [6.07, 6.45) is 0. The number of hydrogen-bond donors (Lipinski definition) is 0. The summed E-state index contributed by atoms with van der Waals surface area (Å²) in [4.78, 5) is 18.7. The van der Waals surface area contributed by atoms with Crippen molar-refractivity contribution >= 4 is 34.1 Å². The number of rotatable bonds is 2. The molecule has 2 aromatic rings. The maximum absolute atomic E-state index is 11.9. The highest BCUT2D eigenvalue weighted by Crippen LogP contribution is 2.32. The van der Waals surface area contributed by atoms with Crippen molar-refractivity contribution in [1.29, 1.82) is 0 Å². The lowest BCUT2D eigenvalue weighted by atomic mass is 10.0. The first kappa shape index (κ1) is 14.3. The van der Waals surface area contributed by atoms with Crippen LogP contribution in [0.3, 0.4) is 0 Å². The second-order valence-electron chi connectivity index (χ2n) is 5.27. The summed E-state index contributed by atoms with van der Waals surface area (Å²) in [5.74, 6) is 0.812. The van der Waals surface area contributed by atoms with Crippen molar-refractivity contribution in [3.05, 3.63) is 34.3 Å². The smallest absolute Gasteiger partial charge is 0.161 e. The number of hydrogen-bond acceptors (Lipinski definition) is 4. The lowest BCUT2D eigenvalue weighted by Gasteiger charge is -2.28. The van der Waals surface area contributed by atoms with Gasteiger partial charge >= 0.3 is 0 Å². The predicted molar refractivity (Wildman–Crippen MR) is 84.5 cm³/mol. The molecule has 21 heavy (non-hydrogen) atoms. The highest BCUT2D eigenvalue weighted by molar-refractivity contribution is 6.36. The quantitative estimate of drug-likeness (QED) is 0.799. The Hall–Kier alpha value is -1.65. The second-order valence-corrected chi connectivity index (χ2v) is 5.68. The lowest BCUT2D eigenvalue weighted by molar-refractivity contribution is 0.101. The van der Waals surface area contributed by atoms with Gasteiger partial charge in [0.25, 0.3) is 0 Å². The molecule has 0 saturated carbocycles. The molecule has 2 heterocycles. The molecular formula is C16H17ClN2O2. The van der Waals surface area contributed by atoms with Crippen molar-refractivity contribution in [2.45, 2.75) is 13.8 Å². The Bertz CT molecular complexity index is 709. The maximum atomic E-state index is 11.9. The number of anilines is 1. The molecule has 1 aliphatic rings. The molecule has 0 aliphatic carbocycles. The number of Topliss-reactive ketones (excluding diaryl/α,β-unsaturated/α-hetero) is 1. The SMILES string of the molecule is CC(=O)c1ccc(C)c2c(Cl)cc(N3CCOCC3)nc12. The van der Waals surface area contributed by atoms with Crippen LogP contribution in [0.5, 0.6) is 0 Å². The van der Waals surface area contributed by atoms with Gasteiger partial charge < -0.3 is 9.64 Å². The zero-order valence-electron chi connectivity index (χ0n) is 12.1. The highest BCUT2D eigenvalue weighted by Gasteiger charge is 2.18.